The lowest BCUT2D eigenvalue weighted by Crippen LogP contribution is -2.35. The van der Waals surface area contributed by atoms with E-state index in [0.717, 1.165) is 50.4 Å². The molecule has 2 amide bonds. The third kappa shape index (κ3) is 14.1. The van der Waals surface area contributed by atoms with Gasteiger partial charge in [0.15, 0.2) is 0 Å². The Morgan fingerprint density at radius 3 is 2.48 bits per heavy atom. The lowest BCUT2D eigenvalue weighted by molar-refractivity contribution is -0.121. The van der Waals surface area contributed by atoms with Crippen molar-refractivity contribution >= 4 is 23.6 Å². The molecule has 0 saturated carbocycles. The summed E-state index contributed by atoms with van der Waals surface area (Å²) in [6.07, 6.45) is 5.33. The van der Waals surface area contributed by atoms with Crippen LogP contribution in [0.4, 0.5) is 0 Å². The molecule has 0 saturated heterocycles. The van der Waals surface area contributed by atoms with Crippen LogP contribution in [0.3, 0.4) is 0 Å². The van der Waals surface area contributed by atoms with Crippen LogP contribution in [0.15, 0.2) is 0 Å². The minimum Gasteiger partial charge on any atom is -0.355 e. The summed E-state index contributed by atoms with van der Waals surface area (Å²) in [5.74, 6) is 0.191. The quantitative estimate of drug-likeness (QED) is 0.393. The average molecular weight is 343 g/mol. The highest BCUT2D eigenvalue weighted by Crippen LogP contribution is 2.08. The van der Waals surface area contributed by atoms with Gasteiger partial charge in [-0.1, -0.05) is 6.92 Å². The molecule has 0 aromatic carbocycles. The SMILES string of the molecule is CCC(=O)NC(CCCCNC(=O)CSC#N)CCCN(C)C. The molecule has 0 heterocycles. The summed E-state index contributed by atoms with van der Waals surface area (Å²) in [6.45, 7) is 3.50. The molecule has 0 aromatic rings. The smallest absolute Gasteiger partial charge is 0.231 e. The van der Waals surface area contributed by atoms with Crippen LogP contribution < -0.4 is 10.6 Å². The number of nitriles is 1. The first kappa shape index (κ1) is 21.7. The van der Waals surface area contributed by atoms with E-state index in [1.807, 2.05) is 26.4 Å². The van der Waals surface area contributed by atoms with Gasteiger partial charge in [0, 0.05) is 19.0 Å². The summed E-state index contributed by atoms with van der Waals surface area (Å²) in [5, 5.41) is 16.1. The third-order valence-electron chi connectivity index (χ3n) is 3.41. The number of hydrogen-bond donors (Lipinski definition) is 2. The fourth-order valence-electron chi connectivity index (χ4n) is 2.16. The Labute approximate surface area is 144 Å². The molecule has 1 unspecified atom stereocenters. The number of amides is 2. The number of nitrogens with one attached hydrogen (secondary N) is 2. The number of carbonyl (C=O) groups is 2. The van der Waals surface area contributed by atoms with E-state index in [-0.39, 0.29) is 23.6 Å². The molecule has 0 aliphatic heterocycles. The van der Waals surface area contributed by atoms with Gasteiger partial charge in [-0.05, 0) is 64.5 Å². The van der Waals surface area contributed by atoms with Crippen LogP contribution in [0.5, 0.6) is 0 Å². The van der Waals surface area contributed by atoms with Crippen LogP contribution in [0.25, 0.3) is 0 Å². The molecular weight excluding hydrogens is 312 g/mol. The summed E-state index contributed by atoms with van der Waals surface area (Å²) in [4.78, 5) is 25.1. The van der Waals surface area contributed by atoms with Gasteiger partial charge in [0.2, 0.25) is 11.8 Å². The normalized spacial score (nSPS) is 11.8. The zero-order chi connectivity index (χ0) is 17.5. The number of nitrogens with zero attached hydrogens (tertiary/aromatic N) is 2. The van der Waals surface area contributed by atoms with Gasteiger partial charge in [-0.25, -0.2) is 0 Å². The number of hydrogen-bond acceptors (Lipinski definition) is 5. The van der Waals surface area contributed by atoms with Gasteiger partial charge in [0.1, 0.15) is 5.40 Å². The highest BCUT2D eigenvalue weighted by molar-refractivity contribution is 8.04. The molecule has 1 atom stereocenters. The Morgan fingerprint density at radius 1 is 1.17 bits per heavy atom. The molecule has 6 nitrogen and oxygen atoms in total. The molecule has 0 fully saturated rings. The van der Waals surface area contributed by atoms with Crippen molar-refractivity contribution in [2.45, 2.75) is 51.5 Å². The predicted octanol–water partition coefficient (Wildman–Crippen LogP) is 1.72. The molecular formula is C16H30N4O2S. The Morgan fingerprint density at radius 2 is 1.87 bits per heavy atom. The number of thioether (sulfide) groups is 1. The second-order valence-corrected chi connectivity index (χ2v) is 6.55. The van der Waals surface area contributed by atoms with Crippen molar-refractivity contribution in [1.82, 2.24) is 15.5 Å². The van der Waals surface area contributed by atoms with E-state index in [2.05, 4.69) is 15.5 Å². The van der Waals surface area contributed by atoms with Gasteiger partial charge in [-0.3, -0.25) is 9.59 Å². The highest BCUT2D eigenvalue weighted by Gasteiger charge is 2.11. The van der Waals surface area contributed by atoms with Crippen molar-refractivity contribution in [3.05, 3.63) is 0 Å². The summed E-state index contributed by atoms with van der Waals surface area (Å²) in [5.41, 5.74) is 0. The van der Waals surface area contributed by atoms with Crippen LogP contribution in [-0.2, 0) is 9.59 Å². The minimum absolute atomic E-state index is 0.0987. The lowest BCUT2D eigenvalue weighted by atomic mass is 10.0. The van der Waals surface area contributed by atoms with Gasteiger partial charge in [-0.15, -0.1) is 0 Å². The van der Waals surface area contributed by atoms with E-state index >= 15 is 0 Å². The van der Waals surface area contributed by atoms with Crippen molar-refractivity contribution in [1.29, 1.82) is 5.26 Å². The molecule has 0 aliphatic rings. The predicted molar refractivity (Wildman–Crippen MR) is 94.9 cm³/mol. The zero-order valence-electron chi connectivity index (χ0n) is 14.6. The van der Waals surface area contributed by atoms with E-state index < -0.39 is 0 Å². The maximum absolute atomic E-state index is 11.6. The molecule has 132 valence electrons. The van der Waals surface area contributed by atoms with Gasteiger partial charge >= 0.3 is 0 Å². The van der Waals surface area contributed by atoms with Gasteiger partial charge in [-0.2, -0.15) is 5.26 Å². The first-order valence-corrected chi connectivity index (χ1v) is 9.19. The summed E-state index contributed by atoms with van der Waals surface area (Å²) in [6, 6.07) is 0.215. The van der Waals surface area contributed by atoms with Crippen LogP contribution in [0.1, 0.15) is 45.4 Å². The first-order chi connectivity index (χ1) is 11.0. The Bertz CT molecular complexity index is 383. The molecule has 0 radical (unpaired) electrons. The molecule has 23 heavy (non-hydrogen) atoms. The average Bonchev–Trinajstić information content (AvgIpc) is 2.51. The zero-order valence-corrected chi connectivity index (χ0v) is 15.4. The van der Waals surface area contributed by atoms with Gasteiger partial charge in [0.25, 0.3) is 0 Å². The number of carbonyl (C=O) groups excluding carboxylic acids is 2. The van der Waals surface area contributed by atoms with Crippen molar-refractivity contribution < 1.29 is 9.59 Å². The number of thiocyanates is 1. The standard InChI is InChI=1S/C16H30N4O2S/c1-4-15(21)19-14(9-7-11-20(2)3)8-5-6-10-18-16(22)12-23-13-17/h14H,4-12H2,1-3H3,(H,18,22)(H,19,21). The summed E-state index contributed by atoms with van der Waals surface area (Å²) < 4.78 is 0. The van der Waals surface area contributed by atoms with Gasteiger partial charge in [0.05, 0.1) is 5.75 Å². The Kier molecular flexibility index (Phi) is 13.6. The highest BCUT2D eigenvalue weighted by atomic mass is 32.2. The Balaban J connectivity index is 3.92. The number of unbranched alkanes of at least 4 members (excludes halogenated alkanes) is 1. The fraction of sp³-hybridized carbons (Fsp3) is 0.812. The van der Waals surface area contributed by atoms with E-state index in [1.54, 1.807) is 0 Å². The first-order valence-electron chi connectivity index (χ1n) is 8.21. The van der Waals surface area contributed by atoms with E-state index in [1.165, 1.54) is 0 Å². The fourth-order valence-corrected chi connectivity index (χ4v) is 2.46. The van der Waals surface area contributed by atoms with E-state index in [0.29, 0.717) is 13.0 Å². The van der Waals surface area contributed by atoms with Crippen LogP contribution in [0, 0.1) is 10.7 Å². The second-order valence-electron chi connectivity index (χ2n) is 5.79. The third-order valence-corrected chi connectivity index (χ3v) is 3.95. The molecule has 0 bridgehead atoms. The second kappa shape index (κ2) is 14.3. The van der Waals surface area contributed by atoms with E-state index in [9.17, 15) is 9.59 Å². The molecule has 7 heteroatoms. The summed E-state index contributed by atoms with van der Waals surface area (Å²) >= 11 is 0.948. The van der Waals surface area contributed by atoms with Crippen LogP contribution in [-0.4, -0.2) is 55.7 Å². The topological polar surface area (TPSA) is 85.2 Å². The summed E-state index contributed by atoms with van der Waals surface area (Å²) in [7, 11) is 4.10. The Hall–Kier alpha value is -1.26. The molecule has 0 aromatic heterocycles. The van der Waals surface area contributed by atoms with Crippen molar-refractivity contribution in [2.24, 2.45) is 0 Å². The molecule has 0 aliphatic carbocycles. The number of rotatable bonds is 13. The minimum atomic E-state index is -0.0987. The monoisotopic (exact) mass is 342 g/mol. The van der Waals surface area contributed by atoms with E-state index in [4.69, 9.17) is 5.26 Å². The van der Waals surface area contributed by atoms with Crippen LogP contribution in [0.2, 0.25) is 0 Å². The van der Waals surface area contributed by atoms with Crippen molar-refractivity contribution in [2.75, 3.05) is 32.9 Å². The molecule has 0 rings (SSSR count). The van der Waals surface area contributed by atoms with Crippen LogP contribution >= 0.6 is 11.8 Å². The maximum atomic E-state index is 11.6. The van der Waals surface area contributed by atoms with Crippen molar-refractivity contribution in [3.63, 3.8) is 0 Å². The molecule has 0 spiro atoms. The largest absolute Gasteiger partial charge is 0.355 e. The van der Waals surface area contributed by atoms with Crippen molar-refractivity contribution in [3.8, 4) is 5.40 Å². The maximum Gasteiger partial charge on any atom is 0.231 e. The lowest BCUT2D eigenvalue weighted by Gasteiger charge is -2.19. The molecule has 2 N–H and O–H groups in total. The van der Waals surface area contributed by atoms with Gasteiger partial charge < -0.3 is 15.5 Å².